The first-order valence-corrected chi connectivity index (χ1v) is 4.80. The van der Waals surface area contributed by atoms with Crippen LogP contribution in [-0.2, 0) is 0 Å². The van der Waals surface area contributed by atoms with Crippen molar-refractivity contribution in [2.24, 2.45) is 0 Å². The maximum atomic E-state index is 10.8. The lowest BCUT2D eigenvalue weighted by atomic mass is 10.2. The first kappa shape index (κ1) is 8.96. The summed E-state index contributed by atoms with van der Waals surface area (Å²) in [4.78, 5) is 15.8. The van der Waals surface area contributed by atoms with Gasteiger partial charge in [-0.15, -0.1) is 11.3 Å². The number of nitrogen functional groups attached to an aromatic ring is 1. The lowest BCUT2D eigenvalue weighted by Gasteiger charge is -1.92. The molecule has 72 valence electrons. The summed E-state index contributed by atoms with van der Waals surface area (Å²) in [5.74, 6) is -0.997. The Bertz CT molecular complexity index is 519. The number of nitrogens with two attached hydrogens (primary N) is 1. The van der Waals surface area contributed by atoms with Crippen molar-refractivity contribution in [1.82, 2.24) is 4.98 Å². The third kappa shape index (κ3) is 1.22. The van der Waals surface area contributed by atoms with Crippen molar-refractivity contribution in [3.05, 3.63) is 22.7 Å². The van der Waals surface area contributed by atoms with E-state index in [-0.39, 0.29) is 4.88 Å². The van der Waals surface area contributed by atoms with E-state index in [4.69, 9.17) is 10.8 Å². The van der Waals surface area contributed by atoms with E-state index < -0.39 is 5.97 Å². The molecule has 0 saturated heterocycles. The van der Waals surface area contributed by atoms with Gasteiger partial charge < -0.3 is 10.8 Å². The van der Waals surface area contributed by atoms with Gasteiger partial charge in [0, 0.05) is 11.1 Å². The predicted molar refractivity (Wildman–Crippen MR) is 55.7 cm³/mol. The number of carboxylic acid groups (broad SMARTS) is 1. The summed E-state index contributed by atoms with van der Waals surface area (Å²) in [5, 5.41) is 9.56. The fraction of sp³-hybridized carbons (Fsp3) is 0.111. The van der Waals surface area contributed by atoms with Crippen LogP contribution in [0.1, 0.15) is 15.4 Å². The predicted octanol–water partition coefficient (Wildman–Crippen LogP) is 1.89. The highest BCUT2D eigenvalue weighted by Crippen LogP contribution is 2.32. The molecule has 0 saturated carbocycles. The van der Waals surface area contributed by atoms with Gasteiger partial charge in [-0.05, 0) is 19.1 Å². The van der Waals surface area contributed by atoms with Gasteiger partial charge in [-0.2, -0.15) is 0 Å². The van der Waals surface area contributed by atoms with Crippen molar-refractivity contribution in [3.8, 4) is 0 Å². The van der Waals surface area contributed by atoms with Crippen LogP contribution < -0.4 is 5.73 Å². The van der Waals surface area contributed by atoms with Gasteiger partial charge in [-0.3, -0.25) is 0 Å². The van der Waals surface area contributed by atoms with E-state index in [1.165, 1.54) is 0 Å². The van der Waals surface area contributed by atoms with Crippen molar-refractivity contribution < 1.29 is 9.90 Å². The zero-order valence-electron chi connectivity index (χ0n) is 7.44. The molecule has 2 aromatic rings. The molecular weight excluding hydrogens is 200 g/mol. The van der Waals surface area contributed by atoms with Crippen LogP contribution in [0, 0.1) is 6.92 Å². The molecule has 3 N–H and O–H groups in total. The molecule has 0 fully saturated rings. The van der Waals surface area contributed by atoms with E-state index in [1.54, 1.807) is 6.07 Å². The van der Waals surface area contributed by atoms with E-state index in [0.717, 1.165) is 22.4 Å². The highest BCUT2D eigenvalue weighted by atomic mass is 32.1. The first-order chi connectivity index (χ1) is 6.59. The Morgan fingerprint density at radius 3 is 2.93 bits per heavy atom. The summed E-state index contributed by atoms with van der Waals surface area (Å²) in [6.07, 6.45) is 0. The number of hydrogen-bond donors (Lipinski definition) is 2. The number of rotatable bonds is 1. The van der Waals surface area contributed by atoms with Gasteiger partial charge in [-0.1, -0.05) is 0 Å². The molecule has 0 aliphatic carbocycles. The van der Waals surface area contributed by atoms with Crippen molar-refractivity contribution in [2.75, 3.05) is 5.73 Å². The van der Waals surface area contributed by atoms with Crippen molar-refractivity contribution in [1.29, 1.82) is 0 Å². The Morgan fingerprint density at radius 1 is 1.57 bits per heavy atom. The van der Waals surface area contributed by atoms with Crippen LogP contribution in [0.2, 0.25) is 0 Å². The Morgan fingerprint density at radius 2 is 2.29 bits per heavy atom. The number of hydrogen-bond acceptors (Lipinski definition) is 4. The average molecular weight is 208 g/mol. The number of pyridine rings is 1. The van der Waals surface area contributed by atoms with E-state index in [2.05, 4.69) is 4.98 Å². The Kier molecular flexibility index (Phi) is 1.89. The monoisotopic (exact) mass is 208 g/mol. The highest BCUT2D eigenvalue weighted by molar-refractivity contribution is 7.21. The van der Waals surface area contributed by atoms with Crippen LogP contribution >= 0.6 is 11.3 Å². The minimum atomic E-state index is -0.997. The van der Waals surface area contributed by atoms with E-state index in [1.807, 2.05) is 13.0 Å². The van der Waals surface area contributed by atoms with E-state index in [9.17, 15) is 4.79 Å². The number of carboxylic acids is 1. The topological polar surface area (TPSA) is 76.2 Å². The van der Waals surface area contributed by atoms with Gasteiger partial charge in [0.05, 0.1) is 5.69 Å². The molecule has 0 aliphatic heterocycles. The number of aromatic nitrogens is 1. The summed E-state index contributed by atoms with van der Waals surface area (Å²) < 4.78 is 0. The molecule has 14 heavy (non-hydrogen) atoms. The maximum Gasteiger partial charge on any atom is 0.348 e. The zero-order valence-corrected chi connectivity index (χ0v) is 8.26. The SMILES string of the molecule is Cc1ccc2c(N)c(C(=O)O)sc2n1. The molecule has 2 heterocycles. The number of aromatic carboxylic acids is 1. The number of thiophene rings is 1. The van der Waals surface area contributed by atoms with Gasteiger partial charge in [0.1, 0.15) is 9.71 Å². The number of nitrogens with zero attached hydrogens (tertiary/aromatic N) is 1. The van der Waals surface area contributed by atoms with Crippen LogP contribution in [-0.4, -0.2) is 16.1 Å². The second-order valence-electron chi connectivity index (χ2n) is 2.96. The standard InChI is InChI=1S/C9H8N2O2S/c1-4-2-3-5-6(10)7(9(12)13)14-8(5)11-4/h2-3H,10H2,1H3,(H,12,13). The van der Waals surface area contributed by atoms with Crippen molar-refractivity contribution in [3.63, 3.8) is 0 Å². The van der Waals surface area contributed by atoms with Gasteiger partial charge in [0.25, 0.3) is 0 Å². The molecule has 0 spiro atoms. The largest absolute Gasteiger partial charge is 0.477 e. The molecule has 4 nitrogen and oxygen atoms in total. The summed E-state index contributed by atoms with van der Waals surface area (Å²) >= 11 is 1.11. The maximum absolute atomic E-state index is 10.8. The van der Waals surface area contributed by atoms with E-state index in [0.29, 0.717) is 10.5 Å². The second-order valence-corrected chi connectivity index (χ2v) is 3.95. The normalized spacial score (nSPS) is 10.6. The minimum Gasteiger partial charge on any atom is -0.477 e. The molecule has 2 rings (SSSR count). The number of aryl methyl sites for hydroxylation is 1. The number of anilines is 1. The zero-order chi connectivity index (χ0) is 10.3. The molecule has 0 aromatic carbocycles. The second kappa shape index (κ2) is 2.95. The fourth-order valence-electron chi connectivity index (χ4n) is 1.25. The lowest BCUT2D eigenvalue weighted by Crippen LogP contribution is -1.96. The fourth-order valence-corrected chi connectivity index (χ4v) is 2.23. The Hall–Kier alpha value is -1.62. The quantitative estimate of drug-likeness (QED) is 0.750. The smallest absolute Gasteiger partial charge is 0.348 e. The molecule has 2 aromatic heterocycles. The molecule has 0 radical (unpaired) electrons. The summed E-state index contributed by atoms with van der Waals surface area (Å²) in [6.45, 7) is 1.86. The number of carbonyl (C=O) groups is 1. The highest BCUT2D eigenvalue weighted by Gasteiger charge is 2.15. The van der Waals surface area contributed by atoms with Crippen molar-refractivity contribution in [2.45, 2.75) is 6.92 Å². The average Bonchev–Trinajstić information content (AvgIpc) is 2.43. The third-order valence-corrected chi connectivity index (χ3v) is 3.03. The minimum absolute atomic E-state index is 0.165. The van der Waals surface area contributed by atoms with Crippen LogP contribution in [0.5, 0.6) is 0 Å². The third-order valence-electron chi connectivity index (χ3n) is 1.93. The van der Waals surface area contributed by atoms with Gasteiger partial charge >= 0.3 is 5.97 Å². The van der Waals surface area contributed by atoms with Gasteiger partial charge in [-0.25, -0.2) is 9.78 Å². The molecule has 0 aliphatic rings. The summed E-state index contributed by atoms with van der Waals surface area (Å²) in [7, 11) is 0. The lowest BCUT2D eigenvalue weighted by molar-refractivity contribution is 0.0703. The summed E-state index contributed by atoms with van der Waals surface area (Å²) in [6, 6.07) is 3.62. The molecule has 0 bridgehead atoms. The Balaban J connectivity index is 2.79. The molecule has 0 unspecified atom stereocenters. The first-order valence-electron chi connectivity index (χ1n) is 3.98. The van der Waals surface area contributed by atoms with Crippen LogP contribution in [0.4, 0.5) is 5.69 Å². The van der Waals surface area contributed by atoms with E-state index >= 15 is 0 Å². The van der Waals surface area contributed by atoms with Crippen LogP contribution in [0.25, 0.3) is 10.2 Å². The molecule has 0 amide bonds. The molecule has 0 atom stereocenters. The number of fused-ring (bicyclic) bond motifs is 1. The van der Waals surface area contributed by atoms with Crippen LogP contribution in [0.15, 0.2) is 12.1 Å². The molecule has 5 heteroatoms. The molecular formula is C9H8N2O2S. The van der Waals surface area contributed by atoms with Crippen LogP contribution in [0.3, 0.4) is 0 Å². The van der Waals surface area contributed by atoms with Gasteiger partial charge in [0.15, 0.2) is 0 Å². The van der Waals surface area contributed by atoms with Crippen molar-refractivity contribution >= 4 is 33.2 Å². The Labute approximate surface area is 84.0 Å². The van der Waals surface area contributed by atoms with Gasteiger partial charge in [0.2, 0.25) is 0 Å². The summed E-state index contributed by atoms with van der Waals surface area (Å²) in [5.41, 5.74) is 6.85.